The maximum atomic E-state index is 12.5. The molecule has 0 spiro atoms. The standard InChI is InChI=1S/C25H43FN2O5S2Si/c1-9-11-32-24(30)28-14-19(13-18(28)15-31-12-10-26)35-23(34)16(2)21-20(22(29)27-21)17(3)33-36(7,8)25(4,5)6/h9,16-21H,1,10-15H2,2-8H3,(H,27,29)/t16-,17-,18+,19+,20-,21-/m1/s1. The molecule has 2 aliphatic heterocycles. The van der Waals surface area contributed by atoms with E-state index in [4.69, 9.17) is 26.1 Å². The molecule has 2 heterocycles. The number of likely N-dealkylation sites (tertiary alicyclic amines) is 1. The third-order valence-corrected chi connectivity index (χ3v) is 14.0. The molecule has 11 heteroatoms. The molecule has 0 radical (unpaired) electrons. The lowest BCUT2D eigenvalue weighted by atomic mass is 9.79. The van der Waals surface area contributed by atoms with E-state index in [1.807, 2.05) is 13.8 Å². The van der Waals surface area contributed by atoms with Crippen LogP contribution in [0.25, 0.3) is 0 Å². The van der Waals surface area contributed by atoms with Crippen LogP contribution >= 0.6 is 24.0 Å². The fourth-order valence-corrected chi connectivity index (χ4v) is 7.55. The van der Waals surface area contributed by atoms with Gasteiger partial charge in [0.2, 0.25) is 5.91 Å². The highest BCUT2D eigenvalue weighted by Gasteiger charge is 2.50. The molecule has 0 aromatic carbocycles. The van der Waals surface area contributed by atoms with Crippen molar-refractivity contribution < 1.29 is 27.9 Å². The van der Waals surface area contributed by atoms with Crippen molar-refractivity contribution in [3.05, 3.63) is 12.7 Å². The Morgan fingerprint density at radius 2 is 2.06 bits per heavy atom. The average Bonchev–Trinajstić information content (AvgIpc) is 3.16. The number of rotatable bonds is 12. The van der Waals surface area contributed by atoms with E-state index in [0.717, 1.165) is 4.20 Å². The van der Waals surface area contributed by atoms with Crippen LogP contribution in [-0.4, -0.2) is 85.9 Å². The first-order valence-corrected chi connectivity index (χ1v) is 16.8. The van der Waals surface area contributed by atoms with Gasteiger partial charge in [-0.25, -0.2) is 9.18 Å². The second-order valence-electron chi connectivity index (χ2n) is 11.2. The molecular weight excluding hydrogens is 520 g/mol. The Labute approximate surface area is 226 Å². The van der Waals surface area contributed by atoms with Crippen molar-refractivity contribution in [2.75, 3.05) is 33.0 Å². The first-order valence-electron chi connectivity index (χ1n) is 12.6. The number of halogens is 1. The van der Waals surface area contributed by atoms with Gasteiger partial charge in [0, 0.05) is 17.7 Å². The summed E-state index contributed by atoms with van der Waals surface area (Å²) >= 11 is 7.37. The lowest BCUT2D eigenvalue weighted by Gasteiger charge is -2.47. The van der Waals surface area contributed by atoms with Crippen LogP contribution in [0.3, 0.4) is 0 Å². The fraction of sp³-hybridized carbons (Fsp3) is 0.800. The van der Waals surface area contributed by atoms with E-state index in [2.05, 4.69) is 45.8 Å². The summed E-state index contributed by atoms with van der Waals surface area (Å²) < 4.78 is 30.4. The van der Waals surface area contributed by atoms with Crippen LogP contribution in [0.15, 0.2) is 12.7 Å². The summed E-state index contributed by atoms with van der Waals surface area (Å²) in [6.07, 6.45) is 1.55. The number of thioether (sulfide) groups is 1. The minimum atomic E-state index is -2.02. The van der Waals surface area contributed by atoms with Crippen molar-refractivity contribution >= 4 is 48.5 Å². The maximum absolute atomic E-state index is 12.5. The molecular formula is C25H43FN2O5S2Si. The van der Waals surface area contributed by atoms with Crippen molar-refractivity contribution in [1.82, 2.24) is 10.2 Å². The van der Waals surface area contributed by atoms with Crippen molar-refractivity contribution in [2.24, 2.45) is 11.8 Å². The second kappa shape index (κ2) is 13.2. The molecule has 1 N–H and O–H groups in total. The van der Waals surface area contributed by atoms with Gasteiger partial charge >= 0.3 is 6.09 Å². The number of amides is 2. The molecule has 2 rings (SSSR count). The number of carbonyl (C=O) groups excluding carboxylic acids is 2. The van der Waals surface area contributed by atoms with E-state index in [1.165, 1.54) is 6.08 Å². The molecule has 0 saturated carbocycles. The number of nitrogens with one attached hydrogen (secondary N) is 1. The number of nitrogens with zero attached hydrogens (tertiary/aromatic N) is 1. The molecule has 2 amide bonds. The molecule has 0 bridgehead atoms. The van der Waals surface area contributed by atoms with Crippen LogP contribution < -0.4 is 5.32 Å². The number of thiocarbonyl (C=S) groups is 1. The molecule has 0 unspecified atom stereocenters. The van der Waals surface area contributed by atoms with Crippen LogP contribution in [0, 0.1) is 11.8 Å². The normalized spacial score (nSPS) is 26.1. The first kappa shape index (κ1) is 31.2. The van der Waals surface area contributed by atoms with Crippen LogP contribution in [0.2, 0.25) is 18.1 Å². The Balaban J connectivity index is 2.00. The molecule has 2 saturated heterocycles. The SMILES string of the molecule is C=CCOC(=O)N1C[C@@H](SC(=S)[C@H](C)[C@H]2NC(=O)[C@@H]2[C@@H](C)O[Si](C)(C)C(C)(C)C)C[C@H]1COCCF. The van der Waals surface area contributed by atoms with Gasteiger partial charge in [0.1, 0.15) is 13.3 Å². The van der Waals surface area contributed by atoms with Gasteiger partial charge in [0.15, 0.2) is 8.32 Å². The number of carbonyl (C=O) groups is 2. The van der Waals surface area contributed by atoms with E-state index in [0.29, 0.717) is 13.0 Å². The Morgan fingerprint density at radius 1 is 1.39 bits per heavy atom. The Hall–Kier alpha value is -1.01. The Kier molecular flexibility index (Phi) is 11.4. The summed E-state index contributed by atoms with van der Waals surface area (Å²) in [6.45, 7) is 18.8. The summed E-state index contributed by atoms with van der Waals surface area (Å²) in [4.78, 5) is 26.7. The van der Waals surface area contributed by atoms with Crippen LogP contribution in [0.5, 0.6) is 0 Å². The highest BCUT2D eigenvalue weighted by Crippen LogP contribution is 2.40. The molecule has 206 valence electrons. The van der Waals surface area contributed by atoms with Crippen molar-refractivity contribution in [3.63, 3.8) is 0 Å². The predicted molar refractivity (Wildman–Crippen MR) is 150 cm³/mol. The van der Waals surface area contributed by atoms with Gasteiger partial charge in [-0.15, -0.1) is 11.8 Å². The Bertz CT molecular complexity index is 810. The number of hydrogen-bond acceptors (Lipinski definition) is 7. The maximum Gasteiger partial charge on any atom is 0.410 e. The van der Waals surface area contributed by atoms with Crippen molar-refractivity contribution in [3.8, 4) is 0 Å². The average molecular weight is 563 g/mol. The van der Waals surface area contributed by atoms with Gasteiger partial charge in [-0.2, -0.15) is 0 Å². The zero-order valence-electron chi connectivity index (χ0n) is 22.7. The summed E-state index contributed by atoms with van der Waals surface area (Å²) in [5.74, 6) is -0.280. The molecule has 6 atom stereocenters. The fourth-order valence-electron chi connectivity index (χ4n) is 4.32. The molecule has 36 heavy (non-hydrogen) atoms. The molecule has 0 aromatic rings. The smallest absolute Gasteiger partial charge is 0.410 e. The van der Waals surface area contributed by atoms with Crippen LogP contribution in [-0.2, 0) is 18.7 Å². The van der Waals surface area contributed by atoms with E-state index >= 15 is 0 Å². The van der Waals surface area contributed by atoms with E-state index < -0.39 is 21.1 Å². The number of β-lactam (4-membered cyclic amide) rings is 1. The summed E-state index contributed by atoms with van der Waals surface area (Å²) in [6, 6.07) is -0.297. The van der Waals surface area contributed by atoms with Crippen LogP contribution in [0.1, 0.15) is 41.0 Å². The molecule has 2 fully saturated rings. The number of hydrogen-bond donors (Lipinski definition) is 1. The summed E-state index contributed by atoms with van der Waals surface area (Å²) in [5.41, 5.74) is 0. The quantitative estimate of drug-likeness (QED) is 0.118. The lowest BCUT2D eigenvalue weighted by molar-refractivity contribution is -0.140. The number of alkyl halides is 1. The first-order chi connectivity index (χ1) is 16.7. The summed E-state index contributed by atoms with van der Waals surface area (Å²) in [5, 5.41) is 3.16. The lowest BCUT2D eigenvalue weighted by Crippen LogP contribution is -2.66. The topological polar surface area (TPSA) is 77.1 Å². The zero-order valence-corrected chi connectivity index (χ0v) is 25.3. The highest BCUT2D eigenvalue weighted by atomic mass is 32.2. The molecule has 0 aromatic heterocycles. The van der Waals surface area contributed by atoms with Crippen molar-refractivity contribution in [1.29, 1.82) is 0 Å². The third kappa shape index (κ3) is 7.75. The van der Waals surface area contributed by atoms with Crippen LogP contribution in [0.4, 0.5) is 9.18 Å². The second-order valence-corrected chi connectivity index (χ2v) is 18.0. The molecule has 0 aliphatic carbocycles. The van der Waals surface area contributed by atoms with Gasteiger partial charge in [-0.05, 0) is 31.5 Å². The zero-order chi connectivity index (χ0) is 27.3. The minimum absolute atomic E-state index is 0.00278. The molecule has 2 aliphatic rings. The monoisotopic (exact) mass is 562 g/mol. The summed E-state index contributed by atoms with van der Waals surface area (Å²) in [7, 11) is -2.02. The van der Waals surface area contributed by atoms with Gasteiger partial charge in [0.25, 0.3) is 0 Å². The molecule has 7 nitrogen and oxygen atoms in total. The van der Waals surface area contributed by atoms with E-state index in [1.54, 1.807) is 16.7 Å². The highest BCUT2D eigenvalue weighted by molar-refractivity contribution is 8.23. The van der Waals surface area contributed by atoms with Gasteiger partial charge in [-0.1, -0.05) is 52.6 Å². The van der Waals surface area contributed by atoms with E-state index in [9.17, 15) is 14.0 Å². The van der Waals surface area contributed by atoms with Gasteiger partial charge in [0.05, 0.1) is 41.5 Å². The number of ether oxygens (including phenoxy) is 2. The largest absolute Gasteiger partial charge is 0.445 e. The van der Waals surface area contributed by atoms with Gasteiger partial charge in [-0.3, -0.25) is 4.79 Å². The van der Waals surface area contributed by atoms with E-state index in [-0.39, 0.29) is 66.0 Å². The third-order valence-electron chi connectivity index (χ3n) is 7.45. The predicted octanol–water partition coefficient (Wildman–Crippen LogP) is 4.96. The minimum Gasteiger partial charge on any atom is -0.445 e. The Morgan fingerprint density at radius 3 is 2.61 bits per heavy atom. The van der Waals surface area contributed by atoms with Crippen molar-refractivity contribution in [2.45, 2.75) is 82.6 Å². The van der Waals surface area contributed by atoms with Gasteiger partial charge < -0.3 is 24.1 Å².